The molecule has 0 bridgehead atoms. The van der Waals surface area contributed by atoms with Crippen LogP contribution in [0.25, 0.3) is 0 Å². The molecule has 0 saturated carbocycles. The Morgan fingerprint density at radius 2 is 1.50 bits per heavy atom. The van der Waals surface area contributed by atoms with E-state index in [0.717, 1.165) is 0 Å². The van der Waals surface area contributed by atoms with Crippen molar-refractivity contribution in [1.82, 2.24) is 0 Å². The molecule has 0 aliphatic rings. The fraction of sp³-hybridized carbons (Fsp3) is 0.333. The van der Waals surface area contributed by atoms with Gasteiger partial charge in [-0.1, -0.05) is 0 Å². The van der Waals surface area contributed by atoms with Crippen molar-refractivity contribution in [1.29, 1.82) is 0 Å². The quantitative estimate of drug-likeness (QED) is 0.278. The molecule has 0 aromatic rings. The zero-order valence-electron chi connectivity index (χ0n) is 4.47. The third-order valence-corrected chi connectivity index (χ3v) is 0.236. The summed E-state index contributed by atoms with van der Waals surface area (Å²) in [6.07, 6.45) is -7.90. The molecule has 56 valence electrons. The second-order valence-electron chi connectivity index (χ2n) is 0.883. The van der Waals surface area contributed by atoms with Gasteiger partial charge in [-0.15, -0.1) is 0 Å². The maximum atomic E-state index is 10.7. The third-order valence-electron chi connectivity index (χ3n) is 0.236. The molecule has 10 heavy (non-hydrogen) atoms. The van der Waals surface area contributed by atoms with Crippen molar-refractivity contribution in [2.75, 3.05) is 0 Å². The van der Waals surface area contributed by atoms with Gasteiger partial charge in [0.25, 0.3) is 6.18 Å². The summed E-state index contributed by atoms with van der Waals surface area (Å²) in [6, 6.07) is 0. The van der Waals surface area contributed by atoms with Gasteiger partial charge in [-0.05, 0) is 0 Å². The summed E-state index contributed by atoms with van der Waals surface area (Å²) >= 11 is 3.62. The van der Waals surface area contributed by atoms with E-state index in [1.54, 1.807) is 0 Å². The maximum absolute atomic E-state index is 10.7. The van der Waals surface area contributed by atoms with Gasteiger partial charge >= 0.3 is 34.5 Å². The summed E-state index contributed by atoms with van der Waals surface area (Å²) in [5, 5.41) is 0. The second kappa shape index (κ2) is 6.45. The first-order valence-electron chi connectivity index (χ1n) is 1.71. The normalized spacial score (nSPS) is 9.60. The average Bonchev–Trinajstić information content (AvgIpc) is 1.64. The van der Waals surface area contributed by atoms with Crippen LogP contribution in [0.4, 0.5) is 22.0 Å². The van der Waals surface area contributed by atoms with Crippen LogP contribution < -0.4 is 0 Å². The molecule has 0 N–H and O–H groups in total. The first kappa shape index (κ1) is 13.3. The molecule has 0 aliphatic heterocycles. The molecule has 0 spiro atoms. The molecule has 0 nitrogen and oxygen atoms in total. The van der Waals surface area contributed by atoms with Crippen molar-refractivity contribution >= 4 is 19.8 Å². The molecule has 0 atom stereocenters. The van der Waals surface area contributed by atoms with Crippen LogP contribution in [-0.2, 0) is 14.8 Å². The minimum atomic E-state index is -5.02. The molecule has 7 heteroatoms. The van der Waals surface area contributed by atoms with Gasteiger partial charge in [0.1, 0.15) is 0 Å². The summed E-state index contributed by atoms with van der Waals surface area (Å²) < 4.78 is 53.3. The molecule has 0 aromatic carbocycles. The van der Waals surface area contributed by atoms with Crippen LogP contribution in [0.1, 0.15) is 0 Å². The Balaban J connectivity index is 0. The van der Waals surface area contributed by atoms with E-state index >= 15 is 0 Å². The number of halogens is 6. The Morgan fingerprint density at radius 3 is 1.50 bits per heavy atom. The van der Waals surface area contributed by atoms with Crippen LogP contribution in [0, 0.1) is 6.08 Å². The fourth-order valence-electron chi connectivity index (χ4n) is 0.107. The van der Waals surface area contributed by atoms with Gasteiger partial charge in [-0.25, -0.2) is 22.0 Å². The van der Waals surface area contributed by atoms with E-state index in [1.165, 1.54) is 14.8 Å². The van der Waals surface area contributed by atoms with Crippen LogP contribution in [0.3, 0.4) is 0 Å². The predicted molar refractivity (Wildman–Crippen MR) is 29.0 cm³/mol. The summed E-state index contributed by atoms with van der Waals surface area (Å²) in [4.78, 5) is 0. The molecule has 0 fully saturated rings. The van der Waals surface area contributed by atoms with Crippen LogP contribution >= 0.6 is 19.8 Å². The van der Waals surface area contributed by atoms with Crippen molar-refractivity contribution in [3.8, 4) is 0 Å². The monoisotopic (exact) mass is 322 g/mol. The van der Waals surface area contributed by atoms with Crippen LogP contribution in [-0.4, -0.2) is 6.18 Å². The number of alkyl halides is 3. The Kier molecular flexibility index (Phi) is 8.61. The van der Waals surface area contributed by atoms with E-state index < -0.39 is 12.3 Å². The summed E-state index contributed by atoms with van der Waals surface area (Å²) in [6.45, 7) is 0. The first-order chi connectivity index (χ1) is 4.42. The van der Waals surface area contributed by atoms with E-state index in [0.29, 0.717) is 0 Å². The van der Waals surface area contributed by atoms with E-state index in [2.05, 4.69) is 19.8 Å². The SMILES string of the molecule is FC(F)=[C-]C(F)(F)F.[Zn+][I]. The zero-order chi connectivity index (χ0) is 8.78. The van der Waals surface area contributed by atoms with Crippen molar-refractivity contribution in [3.63, 3.8) is 0 Å². The van der Waals surface area contributed by atoms with Gasteiger partial charge in [-0.2, -0.15) is 0 Å². The Hall–Kier alpha value is 0.743. The average molecular weight is 323 g/mol. The molecule has 0 aliphatic carbocycles. The number of rotatable bonds is 0. The van der Waals surface area contributed by atoms with Gasteiger partial charge in [-0.3, -0.25) is 0 Å². The van der Waals surface area contributed by atoms with Gasteiger partial charge in [0, 0.05) is 0 Å². The Bertz CT molecular complexity index is 104. The second-order valence-corrected chi connectivity index (χ2v) is 0.883. The topological polar surface area (TPSA) is 0 Å². The van der Waals surface area contributed by atoms with Crippen molar-refractivity contribution < 1.29 is 36.7 Å². The molecular weight excluding hydrogens is 323 g/mol. The van der Waals surface area contributed by atoms with Gasteiger partial charge in [0.15, 0.2) is 0 Å². The van der Waals surface area contributed by atoms with Crippen LogP contribution in [0.2, 0.25) is 0 Å². The number of hydrogen-bond donors (Lipinski definition) is 0. The standard InChI is InChI=1S/C3F5.HI.Zn/c4-2(5)1-3(6,7)8;;/h;1H;/q-1;;+2/p-1. The Morgan fingerprint density at radius 1 is 1.20 bits per heavy atom. The van der Waals surface area contributed by atoms with E-state index in [1.807, 2.05) is 0 Å². The van der Waals surface area contributed by atoms with Crippen molar-refractivity contribution in [2.45, 2.75) is 6.18 Å². The molecule has 0 aromatic heterocycles. The van der Waals surface area contributed by atoms with Crippen molar-refractivity contribution in [2.24, 2.45) is 0 Å². The van der Waals surface area contributed by atoms with Crippen LogP contribution in [0.15, 0.2) is 6.08 Å². The summed E-state index contributed by atoms with van der Waals surface area (Å²) in [5.41, 5.74) is 0. The minimum absolute atomic E-state index is 0.0347. The molecular formula is C3F5IZn. The predicted octanol–water partition coefficient (Wildman–Crippen LogP) is 3.02. The summed E-state index contributed by atoms with van der Waals surface area (Å²) in [7, 11) is 0. The van der Waals surface area contributed by atoms with Crippen LogP contribution in [0.5, 0.6) is 0 Å². The molecule has 0 radical (unpaired) electrons. The third kappa shape index (κ3) is 15.9. The molecule has 0 heterocycles. The first-order valence-corrected chi connectivity index (χ1v) is 10.8. The molecule has 0 saturated heterocycles. The summed E-state index contributed by atoms with van der Waals surface area (Å²) in [5.74, 6) is 0. The molecule has 0 unspecified atom stereocenters. The van der Waals surface area contributed by atoms with Gasteiger partial charge in [0.2, 0.25) is 0 Å². The van der Waals surface area contributed by atoms with Gasteiger partial charge < -0.3 is 6.08 Å². The molecule has 0 amide bonds. The van der Waals surface area contributed by atoms with E-state index in [-0.39, 0.29) is 6.08 Å². The van der Waals surface area contributed by atoms with E-state index in [9.17, 15) is 22.0 Å². The molecule has 0 rings (SSSR count). The number of hydrogen-bond acceptors (Lipinski definition) is 0. The zero-order valence-corrected chi connectivity index (χ0v) is 9.60. The van der Waals surface area contributed by atoms with E-state index in [4.69, 9.17) is 0 Å². The van der Waals surface area contributed by atoms with Crippen molar-refractivity contribution in [3.05, 3.63) is 12.2 Å². The van der Waals surface area contributed by atoms with Gasteiger partial charge in [0.05, 0.1) is 6.08 Å². The Labute approximate surface area is 74.7 Å². The number of allylic oxidation sites excluding steroid dienone is 1. The fourth-order valence-corrected chi connectivity index (χ4v) is 0.107.